The second-order valence-corrected chi connectivity index (χ2v) is 15.4. The van der Waals surface area contributed by atoms with Crippen molar-refractivity contribution in [2.45, 2.75) is 81.9 Å². The van der Waals surface area contributed by atoms with Crippen LogP contribution < -0.4 is 5.26 Å². The first kappa shape index (κ1) is 29.9. The lowest BCUT2D eigenvalue weighted by Gasteiger charge is -2.56. The number of hydrogen-bond donors (Lipinski definition) is 0. The number of hydrogen-bond acceptors (Lipinski definition) is 12. The van der Waals surface area contributed by atoms with Crippen molar-refractivity contribution in [1.82, 2.24) is 0 Å². The van der Waals surface area contributed by atoms with Gasteiger partial charge in [0.05, 0.1) is 35.1 Å². The second-order valence-electron chi connectivity index (χ2n) is 14.7. The highest BCUT2D eigenvalue weighted by atomic mass is 32.2. The minimum absolute atomic E-state index is 0.0674. The molecule has 0 radical (unpaired) electrons. The summed E-state index contributed by atoms with van der Waals surface area (Å²) in [5.74, 6) is 1.32. The molecule has 8 aliphatic carbocycles. The lowest BCUT2D eigenvalue weighted by Crippen LogP contribution is -2.48. The number of nitrogens with zero attached hydrogens (tertiary/aromatic N) is 2. The number of nitro benzene ring substituents is 2. The van der Waals surface area contributed by atoms with E-state index in [4.69, 9.17) is 9.47 Å². The Labute approximate surface area is 257 Å². The summed E-state index contributed by atoms with van der Waals surface area (Å²) in [5.41, 5.74) is -3.71. The van der Waals surface area contributed by atoms with Gasteiger partial charge >= 0.3 is 23.3 Å². The van der Waals surface area contributed by atoms with Gasteiger partial charge in [-0.15, -0.1) is 0 Å². The van der Waals surface area contributed by atoms with Crippen LogP contribution in [-0.4, -0.2) is 35.0 Å². The molecule has 0 amide bonds. The van der Waals surface area contributed by atoms with Crippen molar-refractivity contribution in [3.05, 3.63) is 37.4 Å². The Hall–Kier alpha value is -2.81. The average Bonchev–Trinajstić information content (AvgIpc) is 2.95. The van der Waals surface area contributed by atoms with Gasteiger partial charge in [-0.25, -0.2) is 9.59 Å². The Morgan fingerprint density at radius 2 is 1.05 bits per heavy atom. The molecule has 0 atom stereocenters. The number of carbonyl (C=O) groups is 2. The van der Waals surface area contributed by atoms with E-state index in [9.17, 15) is 35.1 Å². The fourth-order valence-electron chi connectivity index (χ4n) is 11.0. The molecule has 0 heterocycles. The van der Waals surface area contributed by atoms with E-state index in [0.717, 1.165) is 44.6 Å². The topological polar surface area (TPSA) is 180 Å². The van der Waals surface area contributed by atoms with Gasteiger partial charge in [-0.05, 0) is 119 Å². The molecule has 0 N–H and O–H groups in total. The Morgan fingerprint density at radius 1 is 0.705 bits per heavy atom. The lowest BCUT2D eigenvalue weighted by atomic mass is 9.50. The Bertz CT molecular complexity index is 1230. The summed E-state index contributed by atoms with van der Waals surface area (Å²) in [6.45, 7) is 0.135. The smallest absolute Gasteiger partial charge is 0.345 e. The van der Waals surface area contributed by atoms with Gasteiger partial charge in [-0.3, -0.25) is 25.3 Å². The molecule has 14 heteroatoms. The van der Waals surface area contributed by atoms with Crippen molar-refractivity contribution in [2.24, 2.45) is 46.3 Å². The Morgan fingerprint density at radius 3 is 1.34 bits per heavy atom. The maximum atomic E-state index is 13.5. The Kier molecular flexibility index (Phi) is 7.61. The van der Waals surface area contributed by atoms with Crippen LogP contribution in [0, 0.1) is 66.6 Å². The first-order chi connectivity index (χ1) is 21.1. The van der Waals surface area contributed by atoms with E-state index in [0.29, 0.717) is 35.5 Å². The van der Waals surface area contributed by atoms with Crippen LogP contribution in [0.4, 0.5) is 11.4 Å². The van der Waals surface area contributed by atoms with E-state index in [-0.39, 0.29) is 36.1 Å². The largest absolute Gasteiger partial charge is 0.691 e. The van der Waals surface area contributed by atoms with Crippen molar-refractivity contribution in [3.63, 3.8) is 0 Å². The first-order valence-corrected chi connectivity index (χ1v) is 16.3. The Balaban J connectivity index is 1.18. The summed E-state index contributed by atoms with van der Waals surface area (Å²) in [7, 11) is 0. The van der Waals surface area contributed by atoms with Crippen LogP contribution in [0.5, 0.6) is 0 Å². The highest BCUT2D eigenvalue weighted by molar-refractivity contribution is 7.94. The summed E-state index contributed by atoms with van der Waals surface area (Å²) < 4.78 is 15.7. The van der Waals surface area contributed by atoms with E-state index in [1.165, 1.54) is 38.5 Å². The molecular weight excluding hydrogens is 596 g/mol. The van der Waals surface area contributed by atoms with Crippen LogP contribution in [0.3, 0.4) is 0 Å². The van der Waals surface area contributed by atoms with E-state index in [1.54, 1.807) is 0 Å². The molecule has 8 fully saturated rings. The molecule has 44 heavy (non-hydrogen) atoms. The van der Waals surface area contributed by atoms with E-state index in [2.05, 4.69) is 9.37 Å². The standard InChI is InChI=1S/C30H36N2O11S/c33-27(40-14-29-8-16-1-17(9-29)3-18(2-16)10-29)22-7-23(25(32(37)38)26(44-43-42-39)24(22)31(35)36)28(34)41-15-30-11-19-4-20(12-30)6-21(5-19)13-30/h7,16-21,39H,1-6,8-15H2/p-1. The third kappa shape index (κ3) is 5.37. The summed E-state index contributed by atoms with van der Waals surface area (Å²) in [6, 6.07) is 0.822. The maximum absolute atomic E-state index is 13.5. The van der Waals surface area contributed by atoms with Crippen LogP contribution in [0.25, 0.3) is 0 Å². The number of ether oxygens (including phenoxy) is 2. The zero-order valence-corrected chi connectivity index (χ0v) is 25.1. The SMILES string of the molecule is O=C(OCC12CC3CC(CC(C3)C1)C2)c1cc(C(=O)OCC23CC4CC(CC(C4)C2)C3)c([N+](=O)[O-])c(SOO[O-])c1[N+](=O)[O-]. The predicted octanol–water partition coefficient (Wildman–Crippen LogP) is 5.48. The van der Waals surface area contributed by atoms with Crippen molar-refractivity contribution in [1.29, 1.82) is 0 Å². The number of esters is 2. The summed E-state index contributed by atoms with van der Waals surface area (Å²) in [6.07, 6.45) is 12.6. The minimum atomic E-state index is -1.08. The fraction of sp³-hybridized carbons (Fsp3) is 0.733. The molecular formula is C30H35N2O11S-. The van der Waals surface area contributed by atoms with Crippen LogP contribution in [0.1, 0.15) is 97.8 Å². The molecule has 0 saturated heterocycles. The zero-order chi connectivity index (χ0) is 30.8. The van der Waals surface area contributed by atoms with E-state index >= 15 is 0 Å². The summed E-state index contributed by atoms with van der Waals surface area (Å²) >= 11 is -0.109. The molecule has 1 aromatic carbocycles. The molecule has 0 aromatic heterocycles. The fourth-order valence-corrected chi connectivity index (χ4v) is 11.6. The normalized spacial score (nSPS) is 35.9. The van der Waals surface area contributed by atoms with Gasteiger partial charge < -0.3 is 14.7 Å². The quantitative estimate of drug-likeness (QED) is 0.0988. The van der Waals surface area contributed by atoms with Gasteiger partial charge in [0, 0.05) is 10.8 Å². The highest BCUT2D eigenvalue weighted by Crippen LogP contribution is 2.61. The summed E-state index contributed by atoms with van der Waals surface area (Å²) in [5, 5.41) is 38.5. The van der Waals surface area contributed by atoms with Gasteiger partial charge in [0.25, 0.3) is 0 Å². The number of rotatable bonds is 11. The zero-order valence-electron chi connectivity index (χ0n) is 24.2. The van der Waals surface area contributed by atoms with Crippen LogP contribution in [0.15, 0.2) is 11.0 Å². The molecule has 9 rings (SSSR count). The molecule has 8 saturated carbocycles. The summed E-state index contributed by atoms with van der Waals surface area (Å²) in [4.78, 5) is 48.8. The second kappa shape index (κ2) is 11.2. The lowest BCUT2D eigenvalue weighted by molar-refractivity contribution is -0.777. The molecule has 8 bridgehead atoms. The van der Waals surface area contributed by atoms with Gasteiger partial charge in [0.2, 0.25) is 0 Å². The van der Waals surface area contributed by atoms with Gasteiger partial charge in [-0.1, -0.05) is 0 Å². The molecule has 1 aromatic rings. The third-order valence-corrected chi connectivity index (χ3v) is 12.2. The maximum Gasteiger partial charge on any atom is 0.345 e. The highest BCUT2D eigenvalue weighted by Gasteiger charge is 2.53. The third-order valence-electron chi connectivity index (χ3n) is 11.5. The molecule has 0 unspecified atom stereocenters. The van der Waals surface area contributed by atoms with Crippen molar-refractivity contribution < 1.29 is 43.5 Å². The van der Waals surface area contributed by atoms with E-state index < -0.39 is 49.2 Å². The monoisotopic (exact) mass is 631 g/mol. The van der Waals surface area contributed by atoms with E-state index in [1.807, 2.05) is 0 Å². The van der Waals surface area contributed by atoms with Gasteiger partial charge in [-0.2, -0.15) is 4.33 Å². The van der Waals surface area contributed by atoms with Gasteiger partial charge in [0.1, 0.15) is 11.1 Å². The molecule has 0 aliphatic heterocycles. The molecule has 0 spiro atoms. The number of nitro groups is 2. The van der Waals surface area contributed by atoms with Crippen LogP contribution >= 0.6 is 12.0 Å². The van der Waals surface area contributed by atoms with Crippen molar-refractivity contribution in [2.75, 3.05) is 13.2 Å². The molecule has 238 valence electrons. The average molecular weight is 632 g/mol. The number of carbonyl (C=O) groups excluding carboxylic acids is 2. The molecule has 8 aliphatic rings. The molecule has 13 nitrogen and oxygen atoms in total. The van der Waals surface area contributed by atoms with Gasteiger partial charge in [0.15, 0.2) is 4.90 Å². The van der Waals surface area contributed by atoms with Crippen LogP contribution in [-0.2, 0) is 18.8 Å². The van der Waals surface area contributed by atoms with Crippen LogP contribution in [0.2, 0.25) is 0 Å². The number of benzene rings is 1. The van der Waals surface area contributed by atoms with Crippen molar-refractivity contribution >= 4 is 35.4 Å². The first-order valence-electron chi connectivity index (χ1n) is 15.5. The minimum Gasteiger partial charge on any atom is -0.691 e. The van der Waals surface area contributed by atoms with Crippen molar-refractivity contribution in [3.8, 4) is 0 Å². The predicted molar refractivity (Wildman–Crippen MR) is 150 cm³/mol.